The van der Waals surface area contributed by atoms with E-state index in [1.165, 1.54) is 9.91 Å². The zero-order chi connectivity index (χ0) is 6.69. The van der Waals surface area contributed by atoms with Crippen molar-refractivity contribution < 1.29 is 0 Å². The van der Waals surface area contributed by atoms with E-state index < -0.39 is 0 Å². The van der Waals surface area contributed by atoms with Crippen molar-refractivity contribution in [1.29, 1.82) is 0 Å². The van der Waals surface area contributed by atoms with Crippen molar-refractivity contribution in [2.75, 3.05) is 0 Å². The van der Waals surface area contributed by atoms with Crippen molar-refractivity contribution in [2.45, 2.75) is 12.6 Å². The molecule has 0 aromatic heterocycles. The van der Waals surface area contributed by atoms with Crippen LogP contribution in [0.25, 0.3) is 0 Å². The second-order valence-corrected chi connectivity index (χ2v) is 4.08. The van der Waals surface area contributed by atoms with Gasteiger partial charge in [-0.25, -0.2) is 0 Å². The summed E-state index contributed by atoms with van der Waals surface area (Å²) in [6, 6.07) is 8.73. The molecule has 0 saturated heterocycles. The van der Waals surface area contributed by atoms with E-state index in [9.17, 15) is 0 Å². The Morgan fingerprint density at radius 1 is 1.33 bits per heavy atom. The van der Waals surface area contributed by atoms with Crippen LogP contribution in [0.15, 0.2) is 24.3 Å². The van der Waals surface area contributed by atoms with Crippen molar-refractivity contribution in [3.8, 4) is 0 Å². The summed E-state index contributed by atoms with van der Waals surface area (Å²) < 4.78 is 1.52. The van der Waals surface area contributed by atoms with Crippen LogP contribution in [-0.4, -0.2) is 15.8 Å². The molecule has 0 saturated carbocycles. The summed E-state index contributed by atoms with van der Waals surface area (Å²) in [7, 11) is 0. The van der Waals surface area contributed by atoms with E-state index in [1.807, 2.05) is 0 Å². The Labute approximate surface area is 63.0 Å². The Morgan fingerprint density at radius 3 is 2.56 bits per heavy atom. The number of hydrogen-bond acceptors (Lipinski definition) is 0. The predicted molar refractivity (Wildman–Crippen MR) is 42.4 cm³/mol. The molecule has 47 valence electrons. The van der Waals surface area contributed by atoms with Gasteiger partial charge in [0.1, 0.15) is 0 Å². The Bertz CT molecular complexity index is 194. The Kier molecular flexibility index (Phi) is 2.36. The van der Waals surface area contributed by atoms with Crippen molar-refractivity contribution in [3.05, 3.63) is 29.8 Å². The van der Waals surface area contributed by atoms with E-state index in [1.54, 1.807) is 0 Å². The molecule has 1 aromatic carbocycles. The number of benzene rings is 1. The van der Waals surface area contributed by atoms with Crippen LogP contribution in [0.2, 0.25) is 5.71 Å². The molecular formula is C8H10As. The first-order valence-electron chi connectivity index (χ1n) is 2.99. The molecule has 0 unspecified atom stereocenters. The van der Waals surface area contributed by atoms with Crippen molar-refractivity contribution in [2.24, 2.45) is 0 Å². The number of aryl methyl sites for hydroxylation is 1. The Hall–Kier alpha value is -0.222. The van der Waals surface area contributed by atoms with Gasteiger partial charge in [-0.05, 0) is 0 Å². The van der Waals surface area contributed by atoms with Crippen LogP contribution >= 0.6 is 0 Å². The number of rotatable bonds is 1. The first kappa shape index (κ1) is 6.89. The van der Waals surface area contributed by atoms with E-state index in [0.717, 1.165) is 0 Å². The fourth-order valence-corrected chi connectivity index (χ4v) is 1.96. The molecular weight excluding hydrogens is 171 g/mol. The van der Waals surface area contributed by atoms with Crippen LogP contribution in [0.3, 0.4) is 0 Å². The Morgan fingerprint density at radius 2 is 2.11 bits per heavy atom. The molecule has 0 nitrogen and oxygen atoms in total. The molecule has 0 amide bonds. The van der Waals surface area contributed by atoms with Gasteiger partial charge in [0, 0.05) is 0 Å². The second kappa shape index (κ2) is 3.08. The summed E-state index contributed by atoms with van der Waals surface area (Å²) in [5, 5.41) is 0. The topological polar surface area (TPSA) is 0 Å². The van der Waals surface area contributed by atoms with Gasteiger partial charge in [0.2, 0.25) is 0 Å². The van der Waals surface area contributed by atoms with Gasteiger partial charge in [0.25, 0.3) is 0 Å². The van der Waals surface area contributed by atoms with Crippen molar-refractivity contribution in [3.63, 3.8) is 0 Å². The average Bonchev–Trinajstić information content (AvgIpc) is 1.88. The van der Waals surface area contributed by atoms with E-state index in [0.29, 0.717) is 15.8 Å². The maximum atomic E-state index is 2.27. The van der Waals surface area contributed by atoms with Crippen LogP contribution in [0.4, 0.5) is 0 Å². The molecule has 0 spiro atoms. The molecule has 1 aromatic rings. The SMILES string of the molecule is C[As]c1cccc(C)c1. The average molecular weight is 181 g/mol. The van der Waals surface area contributed by atoms with Gasteiger partial charge in [-0.3, -0.25) is 0 Å². The first-order valence-corrected chi connectivity index (χ1v) is 5.81. The quantitative estimate of drug-likeness (QED) is 0.574. The van der Waals surface area contributed by atoms with Gasteiger partial charge in [-0.1, -0.05) is 0 Å². The molecule has 9 heavy (non-hydrogen) atoms. The van der Waals surface area contributed by atoms with Crippen molar-refractivity contribution in [1.82, 2.24) is 0 Å². The van der Waals surface area contributed by atoms with Gasteiger partial charge >= 0.3 is 62.6 Å². The zero-order valence-corrected chi connectivity index (χ0v) is 7.63. The van der Waals surface area contributed by atoms with E-state index in [2.05, 4.69) is 36.9 Å². The first-order chi connectivity index (χ1) is 4.33. The fraction of sp³-hybridized carbons (Fsp3) is 0.250. The second-order valence-electron chi connectivity index (χ2n) is 2.06. The summed E-state index contributed by atoms with van der Waals surface area (Å²) in [5.41, 5.74) is 3.65. The normalized spacial score (nSPS) is 10.9. The monoisotopic (exact) mass is 181 g/mol. The maximum absolute atomic E-state index is 2.27. The molecule has 0 bridgehead atoms. The molecule has 0 fully saturated rings. The third-order valence-corrected chi connectivity index (χ3v) is 2.93. The van der Waals surface area contributed by atoms with Crippen LogP contribution in [0, 0.1) is 6.92 Å². The third kappa shape index (κ3) is 1.87. The zero-order valence-electron chi connectivity index (χ0n) is 5.76. The van der Waals surface area contributed by atoms with E-state index >= 15 is 0 Å². The molecule has 1 radical (unpaired) electrons. The molecule has 0 aliphatic heterocycles. The van der Waals surface area contributed by atoms with Gasteiger partial charge in [-0.15, -0.1) is 0 Å². The van der Waals surface area contributed by atoms with Gasteiger partial charge < -0.3 is 0 Å². The van der Waals surface area contributed by atoms with Crippen LogP contribution in [0.5, 0.6) is 0 Å². The van der Waals surface area contributed by atoms with Crippen LogP contribution < -0.4 is 4.35 Å². The fourth-order valence-electron chi connectivity index (χ4n) is 0.767. The molecule has 0 atom stereocenters. The summed E-state index contributed by atoms with van der Waals surface area (Å²) in [6.07, 6.45) is 0. The minimum absolute atomic E-state index is 0.418. The summed E-state index contributed by atoms with van der Waals surface area (Å²) in [4.78, 5) is 0. The van der Waals surface area contributed by atoms with Crippen LogP contribution in [-0.2, 0) is 0 Å². The molecule has 0 N–H and O–H groups in total. The minimum atomic E-state index is 0.418. The summed E-state index contributed by atoms with van der Waals surface area (Å²) in [6.45, 7) is 2.14. The van der Waals surface area contributed by atoms with Crippen LogP contribution in [0.1, 0.15) is 5.56 Å². The molecule has 1 heteroatoms. The summed E-state index contributed by atoms with van der Waals surface area (Å²) in [5.74, 6) is 0. The third-order valence-electron chi connectivity index (χ3n) is 1.26. The summed E-state index contributed by atoms with van der Waals surface area (Å²) >= 11 is 0.418. The molecule has 0 heterocycles. The molecule has 1 rings (SSSR count). The van der Waals surface area contributed by atoms with Gasteiger partial charge in [0.05, 0.1) is 0 Å². The molecule has 0 aliphatic carbocycles. The Balaban J connectivity index is 2.94. The van der Waals surface area contributed by atoms with Gasteiger partial charge in [0.15, 0.2) is 0 Å². The van der Waals surface area contributed by atoms with E-state index in [-0.39, 0.29) is 0 Å². The number of hydrogen-bond donors (Lipinski definition) is 0. The standard InChI is InChI=1S/C8H10As/c1-7-4-3-5-8(6-7)9-2/h3-6H,1-2H3. The molecule has 0 aliphatic rings. The van der Waals surface area contributed by atoms with Gasteiger partial charge in [-0.2, -0.15) is 0 Å². The van der Waals surface area contributed by atoms with E-state index in [4.69, 9.17) is 0 Å². The van der Waals surface area contributed by atoms with Crippen molar-refractivity contribution >= 4 is 20.1 Å². The predicted octanol–water partition coefficient (Wildman–Crippen LogP) is 1.37.